The summed E-state index contributed by atoms with van der Waals surface area (Å²) in [5, 5.41) is 6.38. The summed E-state index contributed by atoms with van der Waals surface area (Å²) in [7, 11) is 3.95. The summed E-state index contributed by atoms with van der Waals surface area (Å²) in [6.45, 7) is 3.68. The first-order valence-electron chi connectivity index (χ1n) is 3.30. The Kier molecular flexibility index (Phi) is 5.92. The fraction of sp³-hybridized carbons (Fsp3) is 0.667. The number of nitrogens with one attached hydrogen (secondary N) is 2. The molecule has 0 aromatic carbocycles. The Hall–Kier alpha value is -0.123. The van der Waals surface area contributed by atoms with Gasteiger partial charge in [-0.2, -0.15) is 0 Å². The number of rotatable bonds is 5. The lowest BCUT2D eigenvalue weighted by Gasteiger charge is -2.12. The lowest BCUT2D eigenvalue weighted by molar-refractivity contribution is 0.635. The summed E-state index contributed by atoms with van der Waals surface area (Å²) >= 11 is 0. The molecule has 0 unspecified atom stereocenters. The maximum Gasteiger partial charge on any atom is 0.0623 e. The first-order valence-corrected chi connectivity index (χ1v) is 5.12. The highest BCUT2D eigenvalue weighted by Gasteiger charge is 1.98. The van der Waals surface area contributed by atoms with Crippen LogP contribution in [0, 0.1) is 0 Å². The summed E-state index contributed by atoms with van der Waals surface area (Å²) in [6, 6.07) is 1.20. The van der Waals surface area contributed by atoms with Crippen molar-refractivity contribution in [1.29, 1.82) is 0 Å². The van der Waals surface area contributed by atoms with Crippen LogP contribution in [0.5, 0.6) is 0 Å². The summed E-state index contributed by atoms with van der Waals surface area (Å²) < 4.78 is 0. The summed E-state index contributed by atoms with van der Waals surface area (Å²) in [5.74, 6) is 0.572. The predicted molar refractivity (Wildman–Crippen MR) is 45.5 cm³/mol. The van der Waals surface area contributed by atoms with Crippen LogP contribution in [0.4, 0.5) is 0 Å². The second kappa shape index (κ2) is 6.00. The van der Waals surface area contributed by atoms with Gasteiger partial charge in [-0.15, -0.1) is 6.58 Å². The first kappa shape index (κ1) is 8.88. The van der Waals surface area contributed by atoms with Gasteiger partial charge in [0.25, 0.3) is 0 Å². The molecule has 9 heavy (non-hydrogen) atoms. The van der Waals surface area contributed by atoms with Crippen LogP contribution in [0.15, 0.2) is 12.7 Å². The smallest absolute Gasteiger partial charge is 0.0623 e. The van der Waals surface area contributed by atoms with Crippen molar-refractivity contribution < 1.29 is 0 Å². The third-order valence-electron chi connectivity index (χ3n) is 1.36. The van der Waals surface area contributed by atoms with Crippen molar-refractivity contribution in [1.82, 2.24) is 10.6 Å². The lowest BCUT2D eigenvalue weighted by Crippen LogP contribution is -2.42. The fourth-order valence-electron chi connectivity index (χ4n) is 0.718. The lowest BCUT2D eigenvalue weighted by atomic mass is 10.8. The Morgan fingerprint density at radius 2 is 2.11 bits per heavy atom. The zero-order valence-electron chi connectivity index (χ0n) is 6.28. The molecule has 0 aliphatic rings. The minimum Gasteiger partial charge on any atom is -0.308 e. The second-order valence-electron chi connectivity index (χ2n) is 2.00. The number of hydrogen-bond acceptors (Lipinski definition) is 2. The SMILES string of the molecule is C=CC[SiH2]C(NC)NC. The molecule has 0 aliphatic carbocycles. The minimum atomic E-state index is -0.0150. The van der Waals surface area contributed by atoms with Crippen molar-refractivity contribution in [2.45, 2.75) is 11.8 Å². The molecule has 0 saturated heterocycles. The Morgan fingerprint density at radius 3 is 2.44 bits per heavy atom. The molecule has 0 aliphatic heterocycles. The van der Waals surface area contributed by atoms with Gasteiger partial charge in [0, 0.05) is 5.79 Å². The van der Waals surface area contributed by atoms with E-state index in [1.165, 1.54) is 6.04 Å². The highest BCUT2D eigenvalue weighted by atomic mass is 28.2. The molecule has 0 rings (SSSR count). The first-order chi connectivity index (χ1) is 4.35. The second-order valence-corrected chi connectivity index (χ2v) is 3.97. The normalized spacial score (nSPS) is 11.4. The molecule has 2 N–H and O–H groups in total. The van der Waals surface area contributed by atoms with Crippen LogP contribution in [-0.4, -0.2) is 29.4 Å². The number of allylic oxidation sites excluding steroid dienone is 1. The van der Waals surface area contributed by atoms with Gasteiger partial charge in [-0.05, 0) is 20.1 Å². The van der Waals surface area contributed by atoms with Gasteiger partial charge in [-0.25, -0.2) is 0 Å². The van der Waals surface area contributed by atoms with Crippen molar-refractivity contribution in [3.8, 4) is 0 Å². The Balaban J connectivity index is 3.19. The molecule has 0 spiro atoms. The Labute approximate surface area is 59.5 Å². The van der Waals surface area contributed by atoms with Crippen LogP contribution in [0.3, 0.4) is 0 Å². The standard InChI is InChI=1S/C6H16N2Si/c1-4-5-9-6(7-2)8-3/h4,6-8H,1,5,9H2,2-3H3. The van der Waals surface area contributed by atoms with Crippen molar-refractivity contribution in [2.24, 2.45) is 0 Å². The predicted octanol–water partition coefficient (Wildman–Crippen LogP) is -0.518. The zero-order chi connectivity index (χ0) is 7.11. The van der Waals surface area contributed by atoms with Crippen molar-refractivity contribution >= 4 is 9.52 Å². The summed E-state index contributed by atoms with van der Waals surface area (Å²) in [6.07, 6.45) is 1.99. The molecule has 3 heteroatoms. The van der Waals surface area contributed by atoms with Gasteiger partial charge in [0.2, 0.25) is 0 Å². The van der Waals surface area contributed by atoms with Crippen molar-refractivity contribution in [3.63, 3.8) is 0 Å². The molecule has 0 amide bonds. The zero-order valence-corrected chi connectivity index (χ0v) is 7.69. The van der Waals surface area contributed by atoms with E-state index >= 15 is 0 Å². The van der Waals surface area contributed by atoms with E-state index in [1.54, 1.807) is 0 Å². The molecule has 0 aromatic heterocycles. The molecule has 0 atom stereocenters. The average molecular weight is 144 g/mol. The highest BCUT2D eigenvalue weighted by Crippen LogP contribution is 1.80. The number of hydrogen-bond donors (Lipinski definition) is 2. The van der Waals surface area contributed by atoms with Gasteiger partial charge in [0.05, 0.1) is 9.52 Å². The van der Waals surface area contributed by atoms with Crippen LogP contribution in [-0.2, 0) is 0 Å². The summed E-state index contributed by atoms with van der Waals surface area (Å²) in [4.78, 5) is 0. The van der Waals surface area contributed by atoms with Crippen LogP contribution in [0.1, 0.15) is 0 Å². The van der Waals surface area contributed by atoms with Crippen LogP contribution in [0.2, 0.25) is 6.04 Å². The molecular weight excluding hydrogens is 128 g/mol. The van der Waals surface area contributed by atoms with E-state index in [2.05, 4.69) is 17.2 Å². The Bertz CT molecular complexity index is 71.5. The van der Waals surface area contributed by atoms with Gasteiger partial charge in [0.1, 0.15) is 0 Å². The van der Waals surface area contributed by atoms with Gasteiger partial charge in [-0.3, -0.25) is 0 Å². The van der Waals surface area contributed by atoms with Crippen LogP contribution >= 0.6 is 0 Å². The molecule has 0 bridgehead atoms. The molecule has 0 saturated carbocycles. The third-order valence-corrected chi connectivity index (χ3v) is 3.49. The quantitative estimate of drug-likeness (QED) is 0.308. The summed E-state index contributed by atoms with van der Waals surface area (Å²) in [5.41, 5.74) is 0. The van der Waals surface area contributed by atoms with E-state index in [-0.39, 0.29) is 9.52 Å². The maximum atomic E-state index is 3.68. The van der Waals surface area contributed by atoms with E-state index < -0.39 is 0 Å². The van der Waals surface area contributed by atoms with E-state index in [0.29, 0.717) is 5.79 Å². The van der Waals surface area contributed by atoms with E-state index in [1.807, 2.05) is 20.2 Å². The molecule has 0 heterocycles. The third kappa shape index (κ3) is 4.38. The molecule has 0 aromatic rings. The van der Waals surface area contributed by atoms with Crippen molar-refractivity contribution in [3.05, 3.63) is 12.7 Å². The fourth-order valence-corrected chi connectivity index (χ4v) is 1.86. The van der Waals surface area contributed by atoms with Crippen LogP contribution < -0.4 is 10.6 Å². The largest absolute Gasteiger partial charge is 0.308 e. The highest BCUT2D eigenvalue weighted by molar-refractivity contribution is 6.38. The average Bonchev–Trinajstić information content (AvgIpc) is 1.91. The molecular formula is C6H16N2Si. The molecule has 2 nitrogen and oxygen atoms in total. The van der Waals surface area contributed by atoms with E-state index in [4.69, 9.17) is 0 Å². The van der Waals surface area contributed by atoms with Crippen molar-refractivity contribution in [2.75, 3.05) is 14.1 Å². The topological polar surface area (TPSA) is 24.1 Å². The van der Waals surface area contributed by atoms with Gasteiger partial charge in [0.15, 0.2) is 0 Å². The molecule has 0 fully saturated rings. The molecule has 54 valence electrons. The van der Waals surface area contributed by atoms with Gasteiger partial charge >= 0.3 is 0 Å². The van der Waals surface area contributed by atoms with E-state index in [0.717, 1.165) is 0 Å². The van der Waals surface area contributed by atoms with Gasteiger partial charge in [-0.1, -0.05) is 6.08 Å². The minimum absolute atomic E-state index is 0.0150. The van der Waals surface area contributed by atoms with Gasteiger partial charge < -0.3 is 10.6 Å². The van der Waals surface area contributed by atoms with E-state index in [9.17, 15) is 0 Å². The monoisotopic (exact) mass is 144 g/mol. The maximum absolute atomic E-state index is 3.68. The van der Waals surface area contributed by atoms with Crippen LogP contribution in [0.25, 0.3) is 0 Å². The Morgan fingerprint density at radius 1 is 1.56 bits per heavy atom. The molecule has 0 radical (unpaired) electrons.